The number of amides is 1. The number of nitrogens with zero attached hydrogens (tertiary/aromatic N) is 3. The highest BCUT2D eigenvalue weighted by atomic mass is 32.2. The topological polar surface area (TPSA) is 93.5 Å². The van der Waals surface area contributed by atoms with Gasteiger partial charge in [-0.3, -0.25) is 4.79 Å². The Morgan fingerprint density at radius 3 is 2.69 bits per heavy atom. The molecule has 0 radical (unpaired) electrons. The van der Waals surface area contributed by atoms with Gasteiger partial charge in [-0.15, -0.1) is 11.3 Å². The van der Waals surface area contributed by atoms with Crippen LogP contribution in [-0.4, -0.2) is 59.7 Å². The molecule has 2 saturated heterocycles. The number of sulfonamides is 1. The van der Waals surface area contributed by atoms with Gasteiger partial charge in [0.25, 0.3) is 0 Å². The van der Waals surface area contributed by atoms with Gasteiger partial charge in [0, 0.05) is 54.5 Å². The van der Waals surface area contributed by atoms with E-state index in [2.05, 4.69) is 34.8 Å². The number of hydrogen-bond acceptors (Lipinski definition) is 6. The summed E-state index contributed by atoms with van der Waals surface area (Å²) in [7, 11) is -3.19. The van der Waals surface area contributed by atoms with Crippen LogP contribution in [0.2, 0.25) is 0 Å². The molecule has 1 atom stereocenters. The van der Waals surface area contributed by atoms with E-state index in [9.17, 15) is 13.2 Å². The largest absolute Gasteiger partial charge is 0.376 e. The molecule has 8 nitrogen and oxygen atoms in total. The highest BCUT2D eigenvalue weighted by Gasteiger charge is 2.30. The van der Waals surface area contributed by atoms with E-state index in [1.165, 1.54) is 21.3 Å². The van der Waals surface area contributed by atoms with E-state index in [0.717, 1.165) is 42.9 Å². The molecule has 1 amide bonds. The van der Waals surface area contributed by atoms with Crippen molar-refractivity contribution in [1.82, 2.24) is 13.9 Å². The van der Waals surface area contributed by atoms with Gasteiger partial charge in [-0.2, -0.15) is 0 Å². The smallest absolute Gasteiger partial charge is 0.229 e. The standard InChI is InChI=1S/C22H32N4O4S2/c1-4-32(28,29)25-9-7-17(8-10-25)21(27)24-22-23-20(14-31-22)19-12-15(2)26(16(19)3)13-18-6-5-11-30-18/h12,14,17-18H,4-11,13H2,1-3H3,(H,23,24,27)/t18-/m0/s1. The van der Waals surface area contributed by atoms with E-state index in [1.54, 1.807) is 6.92 Å². The first-order valence-electron chi connectivity index (χ1n) is 11.3. The number of piperidine rings is 1. The Morgan fingerprint density at radius 2 is 2.03 bits per heavy atom. The quantitative estimate of drug-likeness (QED) is 0.656. The fourth-order valence-corrected chi connectivity index (χ4v) is 6.42. The first-order chi connectivity index (χ1) is 15.3. The molecule has 2 aromatic rings. The zero-order valence-corrected chi connectivity index (χ0v) is 20.6. The molecule has 0 spiro atoms. The summed E-state index contributed by atoms with van der Waals surface area (Å²) in [5.41, 5.74) is 4.28. The van der Waals surface area contributed by atoms with Crippen LogP contribution in [0.4, 0.5) is 5.13 Å². The minimum Gasteiger partial charge on any atom is -0.376 e. The molecule has 0 unspecified atom stereocenters. The lowest BCUT2D eigenvalue weighted by molar-refractivity contribution is -0.120. The summed E-state index contributed by atoms with van der Waals surface area (Å²) < 4.78 is 33.6. The van der Waals surface area contributed by atoms with Gasteiger partial charge < -0.3 is 14.6 Å². The van der Waals surface area contributed by atoms with E-state index < -0.39 is 10.0 Å². The van der Waals surface area contributed by atoms with Crippen molar-refractivity contribution in [3.63, 3.8) is 0 Å². The first kappa shape index (κ1) is 23.4. The highest BCUT2D eigenvalue weighted by Crippen LogP contribution is 2.31. The molecule has 10 heteroatoms. The van der Waals surface area contributed by atoms with Crippen molar-refractivity contribution in [3.8, 4) is 11.3 Å². The Kier molecular flexibility index (Phi) is 7.04. The summed E-state index contributed by atoms with van der Waals surface area (Å²) >= 11 is 1.42. The summed E-state index contributed by atoms with van der Waals surface area (Å²) in [6.07, 6.45) is 3.57. The van der Waals surface area contributed by atoms with E-state index in [-0.39, 0.29) is 23.7 Å². The third-order valence-corrected chi connectivity index (χ3v) is 9.22. The van der Waals surface area contributed by atoms with Crippen LogP contribution in [0.15, 0.2) is 11.4 Å². The Labute approximate surface area is 194 Å². The van der Waals surface area contributed by atoms with Crippen LogP contribution < -0.4 is 5.32 Å². The lowest BCUT2D eigenvalue weighted by Gasteiger charge is -2.30. The number of rotatable bonds is 7. The van der Waals surface area contributed by atoms with Gasteiger partial charge in [-0.1, -0.05) is 0 Å². The Balaban J connectivity index is 1.39. The van der Waals surface area contributed by atoms with Gasteiger partial charge in [-0.25, -0.2) is 17.7 Å². The van der Waals surface area contributed by atoms with Crippen LogP contribution >= 0.6 is 11.3 Å². The van der Waals surface area contributed by atoms with Gasteiger partial charge in [-0.05, 0) is 52.5 Å². The maximum atomic E-state index is 12.7. The molecule has 0 saturated carbocycles. The van der Waals surface area contributed by atoms with Crippen LogP contribution in [0.5, 0.6) is 0 Å². The lowest BCUT2D eigenvalue weighted by atomic mass is 9.97. The second-order valence-electron chi connectivity index (χ2n) is 8.63. The molecular weight excluding hydrogens is 448 g/mol. The maximum Gasteiger partial charge on any atom is 0.229 e. The van der Waals surface area contributed by atoms with Crippen molar-refractivity contribution in [2.45, 2.75) is 59.1 Å². The zero-order chi connectivity index (χ0) is 22.9. The molecule has 0 aromatic carbocycles. The van der Waals surface area contributed by atoms with Gasteiger partial charge >= 0.3 is 0 Å². The number of aromatic nitrogens is 2. The Bertz CT molecular complexity index is 1060. The fourth-order valence-electron chi connectivity index (χ4n) is 4.57. The van der Waals surface area contributed by atoms with Crippen LogP contribution in [0.25, 0.3) is 11.3 Å². The summed E-state index contributed by atoms with van der Waals surface area (Å²) in [5, 5.41) is 5.50. The summed E-state index contributed by atoms with van der Waals surface area (Å²) in [5.74, 6) is -0.175. The summed E-state index contributed by atoms with van der Waals surface area (Å²) in [6, 6.07) is 2.15. The average Bonchev–Trinajstić information content (AvgIpc) is 3.52. The predicted octanol–water partition coefficient (Wildman–Crippen LogP) is 3.41. The summed E-state index contributed by atoms with van der Waals surface area (Å²) in [6.45, 7) is 8.35. The van der Waals surface area contributed by atoms with Crippen molar-refractivity contribution in [1.29, 1.82) is 0 Å². The van der Waals surface area contributed by atoms with E-state index in [0.29, 0.717) is 31.1 Å². The number of aryl methyl sites for hydroxylation is 1. The SMILES string of the molecule is CCS(=O)(=O)N1CCC(C(=O)Nc2nc(-c3cc(C)n(C[C@@H]4CCCO4)c3C)cs2)CC1. The zero-order valence-electron chi connectivity index (χ0n) is 19.0. The number of ether oxygens (including phenoxy) is 1. The van der Waals surface area contributed by atoms with Crippen LogP contribution in [0, 0.1) is 19.8 Å². The average molecular weight is 481 g/mol. The van der Waals surface area contributed by atoms with Crippen LogP contribution in [-0.2, 0) is 26.1 Å². The number of thiazole rings is 1. The fraction of sp³-hybridized carbons (Fsp3) is 0.636. The molecule has 2 aliphatic rings. The van der Waals surface area contributed by atoms with Crippen molar-refractivity contribution in [3.05, 3.63) is 22.8 Å². The van der Waals surface area contributed by atoms with Gasteiger partial charge in [0.15, 0.2) is 5.13 Å². The Morgan fingerprint density at radius 1 is 1.28 bits per heavy atom. The Hall–Kier alpha value is -1.75. The monoisotopic (exact) mass is 480 g/mol. The maximum absolute atomic E-state index is 12.7. The number of nitrogens with one attached hydrogen (secondary N) is 1. The number of hydrogen-bond donors (Lipinski definition) is 1. The molecular formula is C22H32N4O4S2. The van der Waals surface area contributed by atoms with Crippen molar-refractivity contribution >= 4 is 32.4 Å². The van der Waals surface area contributed by atoms with Gasteiger partial charge in [0.2, 0.25) is 15.9 Å². The minimum atomic E-state index is -3.19. The highest BCUT2D eigenvalue weighted by molar-refractivity contribution is 7.89. The predicted molar refractivity (Wildman–Crippen MR) is 126 cm³/mol. The second-order valence-corrected chi connectivity index (χ2v) is 11.7. The summed E-state index contributed by atoms with van der Waals surface area (Å²) in [4.78, 5) is 17.4. The molecule has 4 heterocycles. The third kappa shape index (κ3) is 4.93. The molecule has 0 aliphatic carbocycles. The molecule has 2 fully saturated rings. The number of carbonyl (C=O) groups excluding carboxylic acids is 1. The van der Waals surface area contributed by atoms with Gasteiger partial charge in [0.1, 0.15) is 0 Å². The third-order valence-electron chi connectivity index (χ3n) is 6.58. The minimum absolute atomic E-state index is 0.0803. The second kappa shape index (κ2) is 9.62. The number of carbonyl (C=O) groups is 1. The van der Waals surface area contributed by atoms with Crippen LogP contribution in [0.3, 0.4) is 0 Å². The normalized spacial score (nSPS) is 20.7. The molecule has 0 bridgehead atoms. The molecule has 176 valence electrons. The van der Waals surface area contributed by atoms with E-state index in [4.69, 9.17) is 4.74 Å². The molecule has 2 aliphatic heterocycles. The lowest BCUT2D eigenvalue weighted by Crippen LogP contribution is -2.42. The first-order valence-corrected chi connectivity index (χ1v) is 13.8. The van der Waals surface area contributed by atoms with Crippen LogP contribution in [0.1, 0.15) is 44.0 Å². The molecule has 4 rings (SSSR count). The van der Waals surface area contributed by atoms with E-state index in [1.807, 2.05) is 5.38 Å². The van der Waals surface area contributed by atoms with Crippen molar-refractivity contribution in [2.24, 2.45) is 5.92 Å². The van der Waals surface area contributed by atoms with Crippen molar-refractivity contribution in [2.75, 3.05) is 30.8 Å². The molecule has 2 aromatic heterocycles. The number of anilines is 1. The molecule has 32 heavy (non-hydrogen) atoms. The van der Waals surface area contributed by atoms with Gasteiger partial charge in [0.05, 0.1) is 17.6 Å². The van der Waals surface area contributed by atoms with E-state index >= 15 is 0 Å². The molecule has 1 N–H and O–H groups in total. The van der Waals surface area contributed by atoms with Crippen molar-refractivity contribution < 1.29 is 17.9 Å².